The summed E-state index contributed by atoms with van der Waals surface area (Å²) in [5.74, 6) is -1.39. The van der Waals surface area contributed by atoms with Crippen LogP contribution in [0.5, 0.6) is 0 Å². The van der Waals surface area contributed by atoms with Gasteiger partial charge < -0.3 is 15.3 Å². The lowest BCUT2D eigenvalue weighted by Crippen LogP contribution is -2.37. The molecule has 1 amide bonds. The number of pyridine rings is 1. The van der Waals surface area contributed by atoms with Gasteiger partial charge in [0.2, 0.25) is 0 Å². The van der Waals surface area contributed by atoms with Crippen LogP contribution in [0.25, 0.3) is 0 Å². The third kappa shape index (κ3) is 3.00. The highest BCUT2D eigenvalue weighted by Gasteiger charge is 2.57. The summed E-state index contributed by atoms with van der Waals surface area (Å²) in [6, 6.07) is 7.60. The number of benzene rings is 1. The molecule has 6 nitrogen and oxygen atoms in total. The monoisotopic (exact) mass is 355 g/mol. The van der Waals surface area contributed by atoms with Gasteiger partial charge in [-0.15, -0.1) is 0 Å². The average Bonchev–Trinajstić information content (AvgIpc) is 3.35. The molecular formula is C19H18FN3O3. The molecular weight excluding hydrogens is 337 g/mol. The lowest BCUT2D eigenvalue weighted by molar-refractivity contribution is -0.139. The van der Waals surface area contributed by atoms with Crippen LogP contribution in [0.3, 0.4) is 0 Å². The maximum absolute atomic E-state index is 13.4. The first-order valence-electron chi connectivity index (χ1n) is 8.53. The maximum atomic E-state index is 13.4. The van der Waals surface area contributed by atoms with Crippen LogP contribution in [0.1, 0.15) is 16.8 Å². The fourth-order valence-corrected chi connectivity index (χ4v) is 3.86. The van der Waals surface area contributed by atoms with Crippen molar-refractivity contribution in [2.24, 2.45) is 17.8 Å². The van der Waals surface area contributed by atoms with E-state index in [0.717, 1.165) is 0 Å². The van der Waals surface area contributed by atoms with Gasteiger partial charge in [-0.3, -0.25) is 14.6 Å². The number of hydrogen-bond donors (Lipinski definition) is 2. The van der Waals surface area contributed by atoms with Gasteiger partial charge in [0, 0.05) is 25.0 Å². The minimum atomic E-state index is -0.772. The molecule has 7 heteroatoms. The number of carboxylic acids is 1. The van der Waals surface area contributed by atoms with E-state index in [-0.39, 0.29) is 29.5 Å². The lowest BCUT2D eigenvalue weighted by atomic mass is 10.1. The summed E-state index contributed by atoms with van der Waals surface area (Å²) in [4.78, 5) is 29.9. The van der Waals surface area contributed by atoms with Crippen molar-refractivity contribution in [3.8, 4) is 0 Å². The zero-order chi connectivity index (χ0) is 18.3. The Morgan fingerprint density at radius 1 is 1.27 bits per heavy atom. The van der Waals surface area contributed by atoms with Crippen molar-refractivity contribution in [3.05, 3.63) is 54.1 Å². The smallest absolute Gasteiger partial charge is 0.307 e. The molecule has 2 heterocycles. The second-order valence-corrected chi connectivity index (χ2v) is 6.79. The summed E-state index contributed by atoms with van der Waals surface area (Å²) in [6.45, 7) is 1.01. The number of halogens is 1. The van der Waals surface area contributed by atoms with Gasteiger partial charge >= 0.3 is 5.97 Å². The minimum absolute atomic E-state index is 0.0478. The van der Waals surface area contributed by atoms with Crippen LogP contribution in [0.4, 0.5) is 15.8 Å². The Morgan fingerprint density at radius 2 is 2.12 bits per heavy atom. The summed E-state index contributed by atoms with van der Waals surface area (Å²) in [7, 11) is 0. The molecule has 0 unspecified atom stereocenters. The standard InChI is InChI=1S/C19H18FN3O3/c20-11-2-1-3-12(8-11)22-16-9-21-6-4-14(16)18(24)23-7-5-13-15(10-23)17(13)19(25)26/h1-4,6,8-9,13,15,17,22H,5,7,10H2,(H,25,26)/t13-,15+,17-/m1/s1. The van der Waals surface area contributed by atoms with E-state index >= 15 is 0 Å². The van der Waals surface area contributed by atoms with Crippen molar-refractivity contribution < 1.29 is 19.1 Å². The fraction of sp³-hybridized carbons (Fsp3) is 0.316. The third-order valence-electron chi connectivity index (χ3n) is 5.22. The van der Waals surface area contributed by atoms with E-state index in [9.17, 15) is 19.1 Å². The second kappa shape index (κ2) is 6.40. The van der Waals surface area contributed by atoms with Gasteiger partial charge in [-0.1, -0.05) is 6.07 Å². The van der Waals surface area contributed by atoms with Crippen molar-refractivity contribution in [1.29, 1.82) is 0 Å². The fourth-order valence-electron chi connectivity index (χ4n) is 3.86. The van der Waals surface area contributed by atoms with Crippen LogP contribution < -0.4 is 5.32 Å². The van der Waals surface area contributed by atoms with Gasteiger partial charge in [0.15, 0.2) is 0 Å². The number of rotatable bonds is 4. The number of amides is 1. The zero-order valence-electron chi connectivity index (χ0n) is 13.9. The summed E-state index contributed by atoms with van der Waals surface area (Å²) >= 11 is 0. The molecule has 1 aromatic carbocycles. The van der Waals surface area contributed by atoms with Gasteiger partial charge in [0.05, 0.1) is 23.4 Å². The summed E-state index contributed by atoms with van der Waals surface area (Å²) in [5.41, 5.74) is 1.46. The Bertz CT molecular complexity index is 873. The topological polar surface area (TPSA) is 82.5 Å². The Hall–Kier alpha value is -2.96. The van der Waals surface area contributed by atoms with E-state index in [1.165, 1.54) is 24.5 Å². The van der Waals surface area contributed by atoms with Gasteiger partial charge in [0.1, 0.15) is 5.82 Å². The molecule has 2 fully saturated rings. The molecule has 2 aromatic rings. The van der Waals surface area contributed by atoms with Crippen LogP contribution in [0, 0.1) is 23.6 Å². The molecule has 2 aliphatic rings. The van der Waals surface area contributed by atoms with Gasteiger partial charge in [0.25, 0.3) is 5.91 Å². The van der Waals surface area contributed by atoms with Gasteiger partial charge in [-0.05, 0) is 42.5 Å². The minimum Gasteiger partial charge on any atom is -0.481 e. The number of aliphatic carboxylic acids is 1. The first kappa shape index (κ1) is 16.5. The SMILES string of the molecule is O=C(O)[C@@H]1[C@@H]2CCN(C(=O)c3ccncc3Nc3cccc(F)c3)C[C@@H]21. The van der Waals surface area contributed by atoms with Gasteiger partial charge in [-0.25, -0.2) is 4.39 Å². The molecule has 134 valence electrons. The number of carboxylic acid groups (broad SMARTS) is 1. The van der Waals surface area contributed by atoms with Crippen molar-refractivity contribution in [2.75, 3.05) is 18.4 Å². The number of likely N-dealkylation sites (tertiary alicyclic amines) is 1. The van der Waals surface area contributed by atoms with Gasteiger partial charge in [-0.2, -0.15) is 0 Å². The number of hydrogen-bond acceptors (Lipinski definition) is 4. The molecule has 1 aliphatic carbocycles. The third-order valence-corrected chi connectivity index (χ3v) is 5.22. The maximum Gasteiger partial charge on any atom is 0.307 e. The first-order valence-corrected chi connectivity index (χ1v) is 8.53. The van der Waals surface area contributed by atoms with E-state index in [1.807, 2.05) is 0 Å². The molecule has 1 saturated carbocycles. The summed E-state index contributed by atoms with van der Waals surface area (Å²) in [6.07, 6.45) is 3.78. The summed E-state index contributed by atoms with van der Waals surface area (Å²) in [5, 5.41) is 12.2. The van der Waals surface area contributed by atoms with E-state index in [2.05, 4.69) is 10.3 Å². The summed E-state index contributed by atoms with van der Waals surface area (Å²) < 4.78 is 13.4. The highest BCUT2D eigenvalue weighted by atomic mass is 19.1. The molecule has 1 saturated heterocycles. The van der Waals surface area contributed by atoms with E-state index < -0.39 is 5.97 Å². The zero-order valence-corrected chi connectivity index (χ0v) is 13.9. The molecule has 26 heavy (non-hydrogen) atoms. The average molecular weight is 355 g/mol. The number of aromatic nitrogens is 1. The largest absolute Gasteiger partial charge is 0.481 e. The highest BCUT2D eigenvalue weighted by molar-refractivity contribution is 6.00. The number of carbonyl (C=O) groups excluding carboxylic acids is 1. The lowest BCUT2D eigenvalue weighted by Gasteiger charge is -2.27. The first-order chi connectivity index (χ1) is 12.5. The Labute approximate surface area is 149 Å². The molecule has 1 aliphatic heterocycles. The quantitative estimate of drug-likeness (QED) is 0.881. The van der Waals surface area contributed by atoms with Crippen LogP contribution in [-0.2, 0) is 4.79 Å². The molecule has 0 radical (unpaired) electrons. The van der Waals surface area contributed by atoms with Crippen LogP contribution in [0.2, 0.25) is 0 Å². The normalized spacial score (nSPS) is 23.9. The molecule has 2 N–H and O–H groups in total. The second-order valence-electron chi connectivity index (χ2n) is 6.79. The number of nitrogens with zero attached hydrogens (tertiary/aromatic N) is 2. The number of piperidine rings is 1. The van der Waals surface area contributed by atoms with E-state index in [0.29, 0.717) is 36.4 Å². The van der Waals surface area contributed by atoms with E-state index in [4.69, 9.17) is 0 Å². The predicted octanol–water partition coefficient (Wildman–Crippen LogP) is 2.76. The Morgan fingerprint density at radius 3 is 2.88 bits per heavy atom. The molecule has 4 rings (SSSR count). The van der Waals surface area contributed by atoms with Crippen molar-refractivity contribution in [3.63, 3.8) is 0 Å². The Kier molecular flexibility index (Phi) is 4.06. The number of carbonyl (C=O) groups is 2. The van der Waals surface area contributed by atoms with Crippen LogP contribution >= 0.6 is 0 Å². The van der Waals surface area contributed by atoms with Crippen LogP contribution in [0.15, 0.2) is 42.7 Å². The number of fused-ring (bicyclic) bond motifs is 1. The predicted molar refractivity (Wildman–Crippen MR) is 92.5 cm³/mol. The number of nitrogens with one attached hydrogen (secondary N) is 1. The molecule has 3 atom stereocenters. The molecule has 1 aromatic heterocycles. The number of anilines is 2. The molecule has 0 bridgehead atoms. The molecule has 0 spiro atoms. The van der Waals surface area contributed by atoms with Crippen molar-refractivity contribution in [2.45, 2.75) is 6.42 Å². The van der Waals surface area contributed by atoms with E-state index in [1.54, 1.807) is 23.1 Å². The van der Waals surface area contributed by atoms with Crippen molar-refractivity contribution >= 4 is 23.3 Å². The van der Waals surface area contributed by atoms with Crippen molar-refractivity contribution in [1.82, 2.24) is 9.88 Å². The van der Waals surface area contributed by atoms with Crippen LogP contribution in [-0.4, -0.2) is 40.0 Å². The highest BCUT2D eigenvalue weighted by Crippen LogP contribution is 2.51. The Balaban J connectivity index is 1.53.